The van der Waals surface area contributed by atoms with E-state index in [1.807, 2.05) is 48.6 Å². The third kappa shape index (κ3) is 3.38. The van der Waals surface area contributed by atoms with Crippen LogP contribution in [0.2, 0.25) is 0 Å². The second-order valence-corrected chi connectivity index (χ2v) is 6.66. The van der Waals surface area contributed by atoms with Crippen LogP contribution < -0.4 is 20.9 Å². The average molecular weight is 430 g/mol. The van der Waals surface area contributed by atoms with Gasteiger partial charge in [0.2, 0.25) is 0 Å². The van der Waals surface area contributed by atoms with Crippen molar-refractivity contribution in [1.29, 1.82) is 42.1 Å². The van der Waals surface area contributed by atoms with E-state index in [4.69, 9.17) is 0 Å². The van der Waals surface area contributed by atoms with Crippen LogP contribution in [0.5, 0.6) is 0 Å². The van der Waals surface area contributed by atoms with E-state index in [0.717, 1.165) is 0 Å². The van der Waals surface area contributed by atoms with Gasteiger partial charge in [0.1, 0.15) is 70.8 Å². The molecule has 0 saturated heterocycles. The molecular formula is C26H6N8. The molecule has 0 aliphatic rings. The summed E-state index contributed by atoms with van der Waals surface area (Å²) in [6.45, 7) is 0. The second-order valence-electron chi connectivity index (χ2n) is 6.66. The first-order valence-corrected chi connectivity index (χ1v) is 9.26. The van der Waals surface area contributed by atoms with Crippen LogP contribution in [0, 0.1) is 90.6 Å². The SMILES string of the molecule is N#CC(C#N)=c1ccc(=C(C#N)C#N)c2cc3c(=C(C#N)C#N)ccc(=C(C#N)C#N)c3cc12. The minimum Gasteiger partial charge on any atom is -0.192 e. The molecule has 0 aromatic heterocycles. The average Bonchev–Trinajstić information content (AvgIpc) is 2.87. The Kier molecular flexibility index (Phi) is 6.00. The van der Waals surface area contributed by atoms with Crippen molar-refractivity contribution in [2.24, 2.45) is 0 Å². The summed E-state index contributed by atoms with van der Waals surface area (Å²) >= 11 is 0. The zero-order chi connectivity index (χ0) is 24.8. The van der Waals surface area contributed by atoms with Crippen LogP contribution in [0.1, 0.15) is 0 Å². The highest BCUT2D eigenvalue weighted by Gasteiger charge is 2.12. The zero-order valence-electron chi connectivity index (χ0n) is 17.0. The van der Waals surface area contributed by atoms with Gasteiger partial charge >= 0.3 is 0 Å². The maximum atomic E-state index is 9.44. The third-order valence-electron chi connectivity index (χ3n) is 5.12. The van der Waals surface area contributed by atoms with Crippen molar-refractivity contribution in [2.75, 3.05) is 0 Å². The fraction of sp³-hybridized carbons (Fsp3) is 0. The summed E-state index contributed by atoms with van der Waals surface area (Å²) in [7, 11) is 0. The minimum absolute atomic E-state index is 0.220. The zero-order valence-corrected chi connectivity index (χ0v) is 17.0. The summed E-state index contributed by atoms with van der Waals surface area (Å²) in [6.07, 6.45) is 0. The number of hydrogen-bond donors (Lipinski definition) is 0. The highest BCUT2D eigenvalue weighted by molar-refractivity contribution is 6.04. The Balaban J connectivity index is 3.01. The molecule has 8 nitrogen and oxygen atoms in total. The van der Waals surface area contributed by atoms with E-state index in [1.54, 1.807) is 0 Å². The van der Waals surface area contributed by atoms with Crippen LogP contribution in [-0.4, -0.2) is 0 Å². The topological polar surface area (TPSA) is 190 Å². The fourth-order valence-electron chi connectivity index (χ4n) is 3.64. The maximum absolute atomic E-state index is 9.44. The summed E-state index contributed by atoms with van der Waals surface area (Å²) in [5.74, 6) is 0. The second kappa shape index (κ2) is 9.16. The molecule has 0 N–H and O–H groups in total. The highest BCUT2D eigenvalue weighted by Crippen LogP contribution is 2.16. The molecule has 0 amide bonds. The number of fused-ring (bicyclic) bond motifs is 2. The molecule has 34 heavy (non-hydrogen) atoms. The summed E-state index contributed by atoms with van der Waals surface area (Å²) in [5, 5.41) is 77.6. The number of nitrogens with zero attached hydrogens (tertiary/aromatic N) is 8. The monoisotopic (exact) mass is 430 g/mol. The molecule has 3 aromatic rings. The maximum Gasteiger partial charge on any atom is 0.137 e. The molecule has 3 aromatic carbocycles. The van der Waals surface area contributed by atoms with E-state index >= 15 is 0 Å². The molecule has 0 heterocycles. The summed E-state index contributed by atoms with van der Waals surface area (Å²) in [6, 6.07) is 23.3. The van der Waals surface area contributed by atoms with Gasteiger partial charge in [0.25, 0.3) is 0 Å². The molecular weight excluding hydrogens is 424 g/mol. The van der Waals surface area contributed by atoms with E-state index in [-0.39, 0.29) is 43.2 Å². The molecule has 0 atom stereocenters. The Bertz CT molecular complexity index is 1680. The van der Waals surface area contributed by atoms with Crippen molar-refractivity contribution in [3.63, 3.8) is 0 Å². The molecule has 0 unspecified atom stereocenters. The van der Waals surface area contributed by atoms with Crippen molar-refractivity contribution >= 4 is 43.8 Å². The van der Waals surface area contributed by atoms with Crippen molar-refractivity contribution in [3.05, 3.63) is 57.3 Å². The first kappa shape index (κ1) is 22.3. The Morgan fingerprint density at radius 1 is 0.353 bits per heavy atom. The molecule has 0 aliphatic heterocycles. The van der Waals surface area contributed by atoms with E-state index in [2.05, 4.69) is 0 Å². The van der Waals surface area contributed by atoms with Crippen molar-refractivity contribution in [1.82, 2.24) is 0 Å². The van der Waals surface area contributed by atoms with E-state index < -0.39 is 0 Å². The molecule has 8 heteroatoms. The van der Waals surface area contributed by atoms with Gasteiger partial charge in [0.05, 0.1) is 0 Å². The van der Waals surface area contributed by atoms with Gasteiger partial charge in [-0.2, -0.15) is 42.1 Å². The van der Waals surface area contributed by atoms with Gasteiger partial charge in [-0.3, -0.25) is 0 Å². The lowest BCUT2D eigenvalue weighted by Gasteiger charge is -2.07. The highest BCUT2D eigenvalue weighted by atomic mass is 14.3. The smallest absolute Gasteiger partial charge is 0.137 e. The normalized spacial score (nSPS) is 8.94. The van der Waals surface area contributed by atoms with Gasteiger partial charge in [-0.05, 0) is 33.7 Å². The van der Waals surface area contributed by atoms with Crippen LogP contribution in [0.4, 0.5) is 0 Å². The van der Waals surface area contributed by atoms with E-state index in [1.165, 1.54) is 36.4 Å². The van der Waals surface area contributed by atoms with Gasteiger partial charge in [-0.25, -0.2) is 0 Å². The minimum atomic E-state index is -0.227. The van der Waals surface area contributed by atoms with E-state index in [9.17, 15) is 42.1 Å². The lowest BCUT2D eigenvalue weighted by Crippen LogP contribution is -2.19. The summed E-state index contributed by atoms with van der Waals surface area (Å²) in [4.78, 5) is 0. The third-order valence-corrected chi connectivity index (χ3v) is 5.12. The number of hydrogen-bond acceptors (Lipinski definition) is 8. The Hall–Kier alpha value is -6.42. The van der Waals surface area contributed by atoms with Crippen molar-refractivity contribution in [2.45, 2.75) is 0 Å². The van der Waals surface area contributed by atoms with E-state index in [0.29, 0.717) is 21.5 Å². The molecule has 0 spiro atoms. The number of rotatable bonds is 0. The molecule has 0 aliphatic carbocycles. The Labute approximate surface area is 192 Å². The van der Waals surface area contributed by atoms with Gasteiger partial charge in [0.15, 0.2) is 0 Å². The molecule has 3 rings (SSSR count). The Morgan fingerprint density at radius 2 is 0.529 bits per heavy atom. The van der Waals surface area contributed by atoms with Gasteiger partial charge in [-0.1, -0.05) is 24.3 Å². The molecule has 150 valence electrons. The molecule has 0 fully saturated rings. The first-order chi connectivity index (χ1) is 16.5. The quantitative estimate of drug-likeness (QED) is 0.467. The lowest BCUT2D eigenvalue weighted by atomic mass is 9.94. The van der Waals surface area contributed by atoms with Gasteiger partial charge < -0.3 is 0 Å². The number of nitriles is 8. The van der Waals surface area contributed by atoms with Crippen LogP contribution in [0.15, 0.2) is 36.4 Å². The van der Waals surface area contributed by atoms with Crippen molar-refractivity contribution in [3.8, 4) is 48.6 Å². The fourth-order valence-corrected chi connectivity index (χ4v) is 3.64. The predicted molar refractivity (Wildman–Crippen MR) is 118 cm³/mol. The molecule has 0 saturated carbocycles. The summed E-state index contributed by atoms with van der Waals surface area (Å²) in [5.41, 5.74) is -0.907. The Morgan fingerprint density at radius 3 is 0.676 bits per heavy atom. The molecule has 0 bridgehead atoms. The standard InChI is InChI=1S/C26H6N8/c27-7-15(8-28)19-1-2-20(16(9-29)10-30)24-6-26-22(18(13-33)14-34)4-3-21(17(11-31)12-32)25(26)5-23(19)24/h1-6H. The van der Waals surface area contributed by atoms with Crippen LogP contribution >= 0.6 is 0 Å². The first-order valence-electron chi connectivity index (χ1n) is 9.26. The number of benzene rings is 3. The van der Waals surface area contributed by atoms with Crippen LogP contribution in [0.25, 0.3) is 43.8 Å². The molecule has 0 radical (unpaired) electrons. The lowest BCUT2D eigenvalue weighted by molar-refractivity contribution is 1.48. The van der Waals surface area contributed by atoms with Gasteiger partial charge in [-0.15, -0.1) is 0 Å². The van der Waals surface area contributed by atoms with Crippen LogP contribution in [0.3, 0.4) is 0 Å². The summed E-state index contributed by atoms with van der Waals surface area (Å²) < 4.78 is 0. The largest absolute Gasteiger partial charge is 0.192 e. The van der Waals surface area contributed by atoms with Crippen LogP contribution in [-0.2, 0) is 0 Å². The van der Waals surface area contributed by atoms with Crippen molar-refractivity contribution < 1.29 is 0 Å². The van der Waals surface area contributed by atoms with Gasteiger partial charge in [0, 0.05) is 20.9 Å². The predicted octanol–water partition coefficient (Wildman–Crippen LogP) is 0.784.